The van der Waals surface area contributed by atoms with Crippen molar-refractivity contribution in [3.63, 3.8) is 0 Å². The van der Waals surface area contributed by atoms with Crippen molar-refractivity contribution in [1.82, 2.24) is 4.98 Å². The minimum Gasteiger partial charge on any atom is -0.466 e. The summed E-state index contributed by atoms with van der Waals surface area (Å²) in [5, 5.41) is 8.92. The number of ether oxygens (including phenoxy) is 1. The number of hydrogen-bond donors (Lipinski definition) is 0. The van der Waals surface area contributed by atoms with Crippen molar-refractivity contribution >= 4 is 17.6 Å². The van der Waals surface area contributed by atoms with Crippen LogP contribution in [0.2, 0.25) is 5.02 Å². The van der Waals surface area contributed by atoms with E-state index in [4.69, 9.17) is 21.6 Å². The fourth-order valence-corrected chi connectivity index (χ4v) is 1.27. The Labute approximate surface area is 92.4 Å². The third-order valence-electron chi connectivity index (χ3n) is 1.70. The van der Waals surface area contributed by atoms with Crippen LogP contribution in [0, 0.1) is 11.3 Å². The van der Waals surface area contributed by atoms with E-state index in [-0.39, 0.29) is 11.4 Å². The first-order valence-corrected chi connectivity index (χ1v) is 4.76. The molecule has 0 radical (unpaired) electrons. The normalized spacial score (nSPS) is 9.40. The van der Waals surface area contributed by atoms with Gasteiger partial charge in [0.1, 0.15) is 6.07 Å². The smallest absolute Gasteiger partial charge is 0.311 e. The van der Waals surface area contributed by atoms with E-state index in [2.05, 4.69) is 4.98 Å². The minimum atomic E-state index is -0.401. The van der Waals surface area contributed by atoms with E-state index in [1.807, 2.05) is 6.07 Å². The number of rotatable bonds is 3. The molecule has 0 saturated carbocycles. The van der Waals surface area contributed by atoms with Gasteiger partial charge in [-0.1, -0.05) is 11.6 Å². The molecule has 15 heavy (non-hydrogen) atoms. The summed E-state index contributed by atoms with van der Waals surface area (Å²) in [6.07, 6.45) is 1.43. The number of nitrogens with zero attached hydrogens (tertiary/aromatic N) is 2. The van der Waals surface area contributed by atoms with Crippen LogP contribution in [0.15, 0.2) is 12.3 Å². The molecular formula is C10H9ClN2O2. The topological polar surface area (TPSA) is 63.0 Å². The second-order valence-corrected chi connectivity index (χ2v) is 3.09. The van der Waals surface area contributed by atoms with E-state index in [1.54, 1.807) is 6.92 Å². The predicted octanol–water partition coefficient (Wildman–Crippen LogP) is 1.71. The molecule has 78 valence electrons. The molecule has 0 atom stereocenters. The largest absolute Gasteiger partial charge is 0.466 e. The molecule has 0 aliphatic heterocycles. The molecule has 0 bridgehead atoms. The van der Waals surface area contributed by atoms with Gasteiger partial charge in [0.05, 0.1) is 29.3 Å². The summed E-state index contributed by atoms with van der Waals surface area (Å²) in [6.45, 7) is 2.03. The summed E-state index contributed by atoms with van der Waals surface area (Å²) >= 11 is 5.86. The van der Waals surface area contributed by atoms with Gasteiger partial charge in [0.2, 0.25) is 0 Å². The second-order valence-electron chi connectivity index (χ2n) is 2.71. The highest BCUT2D eigenvalue weighted by atomic mass is 35.5. The van der Waals surface area contributed by atoms with Crippen LogP contribution in [0.25, 0.3) is 0 Å². The van der Waals surface area contributed by atoms with Crippen molar-refractivity contribution in [3.05, 3.63) is 28.5 Å². The molecule has 5 heteroatoms. The van der Waals surface area contributed by atoms with Gasteiger partial charge in [-0.3, -0.25) is 9.78 Å². The number of halogens is 1. The van der Waals surface area contributed by atoms with Crippen molar-refractivity contribution < 1.29 is 9.53 Å². The Morgan fingerprint density at radius 1 is 1.73 bits per heavy atom. The van der Waals surface area contributed by atoms with Gasteiger partial charge >= 0.3 is 5.97 Å². The van der Waals surface area contributed by atoms with Gasteiger partial charge in [-0.25, -0.2) is 0 Å². The molecule has 1 aromatic heterocycles. The third-order valence-corrected chi connectivity index (χ3v) is 2.12. The second kappa shape index (κ2) is 5.32. The summed E-state index contributed by atoms with van der Waals surface area (Å²) in [7, 11) is 0. The maximum Gasteiger partial charge on any atom is 0.311 e. The third kappa shape index (κ3) is 2.93. The number of esters is 1. The van der Waals surface area contributed by atoms with Crippen LogP contribution in [-0.4, -0.2) is 17.6 Å². The van der Waals surface area contributed by atoms with Gasteiger partial charge in [0.25, 0.3) is 0 Å². The van der Waals surface area contributed by atoms with Gasteiger partial charge in [0, 0.05) is 6.20 Å². The van der Waals surface area contributed by atoms with Crippen molar-refractivity contribution in [2.45, 2.75) is 13.3 Å². The van der Waals surface area contributed by atoms with Gasteiger partial charge in [-0.15, -0.1) is 0 Å². The molecule has 0 aromatic carbocycles. The Kier molecular flexibility index (Phi) is 4.07. The van der Waals surface area contributed by atoms with Crippen molar-refractivity contribution in [2.24, 2.45) is 0 Å². The standard InChI is InChI=1S/C10H9ClN2O2/c1-2-15-9(14)5-8-10(11)7(6-12)3-4-13-8/h3-4H,2,5H2,1H3. The van der Waals surface area contributed by atoms with E-state index in [0.29, 0.717) is 17.9 Å². The summed E-state index contributed by atoms with van der Waals surface area (Å²) in [5.74, 6) is -0.401. The molecule has 0 amide bonds. The molecule has 0 spiro atoms. The highest BCUT2D eigenvalue weighted by molar-refractivity contribution is 6.32. The zero-order valence-electron chi connectivity index (χ0n) is 8.16. The molecule has 0 aliphatic rings. The Morgan fingerprint density at radius 2 is 2.47 bits per heavy atom. The number of pyridine rings is 1. The molecule has 0 saturated heterocycles. The van der Waals surface area contributed by atoms with E-state index >= 15 is 0 Å². The molecule has 1 aromatic rings. The Morgan fingerprint density at radius 3 is 3.07 bits per heavy atom. The Hall–Kier alpha value is -1.60. The molecule has 1 rings (SSSR count). The minimum absolute atomic E-state index is 0.0117. The summed E-state index contributed by atoms with van der Waals surface area (Å²) in [4.78, 5) is 15.1. The first-order chi connectivity index (χ1) is 7.19. The van der Waals surface area contributed by atoms with Gasteiger partial charge in [0.15, 0.2) is 0 Å². The fourth-order valence-electron chi connectivity index (χ4n) is 1.05. The number of hydrogen-bond acceptors (Lipinski definition) is 4. The maximum absolute atomic E-state index is 11.2. The van der Waals surface area contributed by atoms with Crippen LogP contribution in [0.1, 0.15) is 18.2 Å². The monoisotopic (exact) mass is 224 g/mol. The van der Waals surface area contributed by atoms with Crippen LogP contribution in [0.4, 0.5) is 0 Å². The zero-order chi connectivity index (χ0) is 11.3. The van der Waals surface area contributed by atoms with E-state index in [0.717, 1.165) is 0 Å². The number of carbonyl (C=O) groups excluding carboxylic acids is 1. The number of nitriles is 1. The van der Waals surface area contributed by atoms with Crippen LogP contribution >= 0.6 is 11.6 Å². The molecular weight excluding hydrogens is 216 g/mol. The van der Waals surface area contributed by atoms with E-state index < -0.39 is 5.97 Å². The van der Waals surface area contributed by atoms with Gasteiger partial charge < -0.3 is 4.74 Å². The maximum atomic E-state index is 11.2. The average molecular weight is 225 g/mol. The number of aromatic nitrogens is 1. The number of carbonyl (C=O) groups is 1. The lowest BCUT2D eigenvalue weighted by atomic mass is 10.2. The summed E-state index contributed by atoms with van der Waals surface area (Å²) in [5.41, 5.74) is 0.681. The Balaban J connectivity index is 2.87. The lowest BCUT2D eigenvalue weighted by molar-refractivity contribution is -0.142. The highest BCUT2D eigenvalue weighted by Crippen LogP contribution is 2.18. The van der Waals surface area contributed by atoms with Crippen molar-refractivity contribution in [3.8, 4) is 6.07 Å². The lowest BCUT2D eigenvalue weighted by Crippen LogP contribution is -2.09. The zero-order valence-corrected chi connectivity index (χ0v) is 8.91. The van der Waals surface area contributed by atoms with E-state index in [1.165, 1.54) is 12.3 Å². The first-order valence-electron chi connectivity index (χ1n) is 4.38. The molecule has 0 fully saturated rings. The summed E-state index contributed by atoms with van der Waals surface area (Å²) in [6, 6.07) is 3.41. The van der Waals surface area contributed by atoms with E-state index in [9.17, 15) is 4.79 Å². The molecule has 0 unspecified atom stereocenters. The lowest BCUT2D eigenvalue weighted by Gasteiger charge is -2.03. The van der Waals surface area contributed by atoms with Crippen molar-refractivity contribution in [1.29, 1.82) is 5.26 Å². The fraction of sp³-hybridized carbons (Fsp3) is 0.300. The molecule has 4 nitrogen and oxygen atoms in total. The molecule has 1 heterocycles. The van der Waals surface area contributed by atoms with Crippen molar-refractivity contribution in [2.75, 3.05) is 6.61 Å². The van der Waals surface area contributed by atoms with Gasteiger partial charge in [-0.2, -0.15) is 5.26 Å². The van der Waals surface area contributed by atoms with Crippen LogP contribution in [-0.2, 0) is 16.0 Å². The van der Waals surface area contributed by atoms with Crippen LogP contribution in [0.5, 0.6) is 0 Å². The molecule has 0 N–H and O–H groups in total. The molecule has 0 aliphatic carbocycles. The predicted molar refractivity (Wildman–Crippen MR) is 54.3 cm³/mol. The Bertz CT molecular complexity index is 412. The summed E-state index contributed by atoms with van der Waals surface area (Å²) < 4.78 is 4.75. The van der Waals surface area contributed by atoms with Crippen LogP contribution in [0.3, 0.4) is 0 Å². The van der Waals surface area contributed by atoms with Crippen LogP contribution < -0.4 is 0 Å². The highest BCUT2D eigenvalue weighted by Gasteiger charge is 2.11. The quantitative estimate of drug-likeness (QED) is 0.734. The first kappa shape index (κ1) is 11.5. The average Bonchev–Trinajstić information content (AvgIpc) is 2.21. The SMILES string of the molecule is CCOC(=O)Cc1nccc(C#N)c1Cl. The van der Waals surface area contributed by atoms with Gasteiger partial charge in [-0.05, 0) is 13.0 Å².